The number of nitrogens with zero attached hydrogens (tertiary/aromatic N) is 3. The largest absolute Gasteiger partial charge is 0.345 e. The Labute approximate surface area is 90.1 Å². The molecule has 0 aliphatic rings. The predicted molar refractivity (Wildman–Crippen MR) is 58.2 cm³/mol. The summed E-state index contributed by atoms with van der Waals surface area (Å²) in [7, 11) is 3.73. The molecule has 1 aromatic rings. The van der Waals surface area contributed by atoms with Crippen LogP contribution < -0.4 is 5.32 Å². The molecule has 1 rings (SSSR count). The SMILES string of the molecule is CCN(C)C(=O)CNCc1cncn1C. The lowest BCUT2D eigenvalue weighted by Crippen LogP contribution is -2.35. The van der Waals surface area contributed by atoms with Crippen LogP contribution in [0.1, 0.15) is 12.6 Å². The van der Waals surface area contributed by atoms with Crippen molar-refractivity contribution >= 4 is 5.91 Å². The van der Waals surface area contributed by atoms with E-state index in [-0.39, 0.29) is 5.91 Å². The third-order valence-electron chi connectivity index (χ3n) is 2.40. The summed E-state index contributed by atoms with van der Waals surface area (Å²) >= 11 is 0. The zero-order chi connectivity index (χ0) is 11.3. The van der Waals surface area contributed by atoms with Crippen LogP contribution in [0.15, 0.2) is 12.5 Å². The third kappa shape index (κ3) is 3.36. The standard InChI is InChI=1S/C10H18N4O/c1-4-13(2)10(15)7-11-5-9-6-12-8-14(9)3/h6,8,11H,4-5,7H2,1-3H3. The van der Waals surface area contributed by atoms with E-state index in [0.717, 1.165) is 12.2 Å². The molecule has 1 heterocycles. The van der Waals surface area contributed by atoms with Crippen LogP contribution >= 0.6 is 0 Å². The molecular weight excluding hydrogens is 192 g/mol. The molecule has 1 aromatic heterocycles. The predicted octanol–water partition coefficient (Wildman–Crippen LogP) is -0.0120. The summed E-state index contributed by atoms with van der Waals surface area (Å²) in [6.45, 7) is 3.74. The summed E-state index contributed by atoms with van der Waals surface area (Å²) in [5.41, 5.74) is 1.07. The van der Waals surface area contributed by atoms with Gasteiger partial charge in [-0.3, -0.25) is 4.79 Å². The Morgan fingerprint density at radius 2 is 2.40 bits per heavy atom. The van der Waals surface area contributed by atoms with E-state index in [0.29, 0.717) is 13.1 Å². The van der Waals surface area contributed by atoms with Gasteiger partial charge in [0, 0.05) is 33.4 Å². The van der Waals surface area contributed by atoms with Crippen LogP contribution in [0.4, 0.5) is 0 Å². The Bertz CT molecular complexity index is 321. The monoisotopic (exact) mass is 210 g/mol. The van der Waals surface area contributed by atoms with Gasteiger partial charge in [0.15, 0.2) is 0 Å². The molecule has 1 amide bonds. The highest BCUT2D eigenvalue weighted by Gasteiger charge is 2.05. The van der Waals surface area contributed by atoms with Gasteiger partial charge in [0.2, 0.25) is 5.91 Å². The third-order valence-corrected chi connectivity index (χ3v) is 2.40. The van der Waals surface area contributed by atoms with Crippen LogP contribution in [0.5, 0.6) is 0 Å². The summed E-state index contributed by atoms with van der Waals surface area (Å²) < 4.78 is 1.93. The van der Waals surface area contributed by atoms with E-state index < -0.39 is 0 Å². The Morgan fingerprint density at radius 3 is 2.93 bits per heavy atom. The summed E-state index contributed by atoms with van der Waals surface area (Å²) in [6.07, 6.45) is 3.54. The topological polar surface area (TPSA) is 50.2 Å². The number of hydrogen-bond acceptors (Lipinski definition) is 3. The summed E-state index contributed by atoms with van der Waals surface area (Å²) in [6, 6.07) is 0. The molecule has 1 N–H and O–H groups in total. The highest BCUT2D eigenvalue weighted by molar-refractivity contribution is 5.77. The van der Waals surface area contributed by atoms with Gasteiger partial charge < -0.3 is 14.8 Å². The van der Waals surface area contributed by atoms with Gasteiger partial charge in [-0.25, -0.2) is 4.98 Å². The van der Waals surface area contributed by atoms with Gasteiger partial charge in [-0.05, 0) is 6.92 Å². The first-order chi connectivity index (χ1) is 7.15. The molecule has 0 radical (unpaired) electrons. The van der Waals surface area contributed by atoms with E-state index in [1.165, 1.54) is 0 Å². The van der Waals surface area contributed by atoms with Crippen LogP contribution in [0, 0.1) is 0 Å². The number of carbonyl (C=O) groups is 1. The molecular formula is C10H18N4O. The molecule has 0 saturated heterocycles. The average molecular weight is 210 g/mol. The number of likely N-dealkylation sites (N-methyl/N-ethyl adjacent to an activating group) is 1. The van der Waals surface area contributed by atoms with Crippen molar-refractivity contribution in [3.05, 3.63) is 18.2 Å². The lowest BCUT2D eigenvalue weighted by atomic mass is 10.4. The number of rotatable bonds is 5. The Hall–Kier alpha value is -1.36. The second kappa shape index (κ2) is 5.50. The lowest BCUT2D eigenvalue weighted by molar-refractivity contribution is -0.128. The normalized spacial score (nSPS) is 10.3. The average Bonchev–Trinajstić information content (AvgIpc) is 2.63. The quantitative estimate of drug-likeness (QED) is 0.743. The van der Waals surface area contributed by atoms with Gasteiger partial charge in [-0.15, -0.1) is 0 Å². The highest BCUT2D eigenvalue weighted by Crippen LogP contribution is 1.94. The van der Waals surface area contributed by atoms with Gasteiger partial charge in [0.25, 0.3) is 0 Å². The highest BCUT2D eigenvalue weighted by atomic mass is 16.2. The van der Waals surface area contributed by atoms with Crippen molar-refractivity contribution in [1.82, 2.24) is 19.8 Å². The van der Waals surface area contributed by atoms with Crippen LogP contribution in [-0.4, -0.2) is 40.5 Å². The van der Waals surface area contributed by atoms with Crippen molar-refractivity contribution in [3.63, 3.8) is 0 Å². The number of imidazole rings is 1. The van der Waals surface area contributed by atoms with E-state index >= 15 is 0 Å². The number of aryl methyl sites for hydroxylation is 1. The summed E-state index contributed by atoms with van der Waals surface area (Å²) in [5, 5.41) is 3.09. The molecule has 0 aliphatic carbocycles. The first-order valence-electron chi connectivity index (χ1n) is 5.05. The lowest BCUT2D eigenvalue weighted by Gasteiger charge is -2.14. The van der Waals surface area contributed by atoms with Crippen molar-refractivity contribution in [2.24, 2.45) is 7.05 Å². The van der Waals surface area contributed by atoms with Crippen molar-refractivity contribution in [2.75, 3.05) is 20.1 Å². The smallest absolute Gasteiger partial charge is 0.236 e. The zero-order valence-corrected chi connectivity index (χ0v) is 9.53. The molecule has 0 unspecified atom stereocenters. The molecule has 0 bridgehead atoms. The van der Waals surface area contributed by atoms with Gasteiger partial charge in [0.05, 0.1) is 18.6 Å². The van der Waals surface area contributed by atoms with E-state index in [1.807, 2.05) is 18.5 Å². The fraction of sp³-hybridized carbons (Fsp3) is 0.600. The van der Waals surface area contributed by atoms with Gasteiger partial charge in [-0.2, -0.15) is 0 Å². The summed E-state index contributed by atoms with van der Waals surface area (Å²) in [5.74, 6) is 0.111. The number of carbonyl (C=O) groups excluding carboxylic acids is 1. The van der Waals surface area contributed by atoms with Gasteiger partial charge in [0.1, 0.15) is 0 Å². The minimum Gasteiger partial charge on any atom is -0.345 e. The fourth-order valence-corrected chi connectivity index (χ4v) is 1.16. The van der Waals surface area contributed by atoms with E-state index in [4.69, 9.17) is 0 Å². The summed E-state index contributed by atoms with van der Waals surface area (Å²) in [4.78, 5) is 17.1. The molecule has 0 aromatic carbocycles. The molecule has 0 atom stereocenters. The van der Waals surface area contributed by atoms with Crippen molar-refractivity contribution in [2.45, 2.75) is 13.5 Å². The van der Waals surface area contributed by atoms with Crippen molar-refractivity contribution in [3.8, 4) is 0 Å². The maximum atomic E-state index is 11.4. The Kier molecular flexibility index (Phi) is 4.30. The van der Waals surface area contributed by atoms with Crippen LogP contribution in [0.3, 0.4) is 0 Å². The molecule has 0 fully saturated rings. The molecule has 5 nitrogen and oxygen atoms in total. The zero-order valence-electron chi connectivity index (χ0n) is 9.53. The minimum absolute atomic E-state index is 0.111. The van der Waals surface area contributed by atoms with Gasteiger partial charge >= 0.3 is 0 Å². The number of aromatic nitrogens is 2. The fourth-order valence-electron chi connectivity index (χ4n) is 1.16. The molecule has 5 heteroatoms. The first kappa shape index (κ1) is 11.7. The number of amides is 1. The first-order valence-corrected chi connectivity index (χ1v) is 5.05. The molecule has 0 saturated carbocycles. The molecule has 0 aliphatic heterocycles. The van der Waals surface area contributed by atoms with E-state index in [1.54, 1.807) is 24.5 Å². The second-order valence-corrected chi connectivity index (χ2v) is 3.51. The van der Waals surface area contributed by atoms with Crippen molar-refractivity contribution < 1.29 is 4.79 Å². The second-order valence-electron chi connectivity index (χ2n) is 3.51. The van der Waals surface area contributed by atoms with Crippen LogP contribution in [-0.2, 0) is 18.4 Å². The Balaban J connectivity index is 2.28. The number of hydrogen-bond donors (Lipinski definition) is 1. The van der Waals surface area contributed by atoms with Crippen LogP contribution in [0.25, 0.3) is 0 Å². The van der Waals surface area contributed by atoms with Gasteiger partial charge in [-0.1, -0.05) is 0 Å². The van der Waals surface area contributed by atoms with E-state index in [2.05, 4.69) is 10.3 Å². The van der Waals surface area contributed by atoms with Crippen molar-refractivity contribution in [1.29, 1.82) is 0 Å². The maximum absolute atomic E-state index is 11.4. The molecule has 0 spiro atoms. The maximum Gasteiger partial charge on any atom is 0.236 e. The Morgan fingerprint density at radius 1 is 1.67 bits per heavy atom. The molecule has 84 valence electrons. The molecule has 15 heavy (non-hydrogen) atoms. The van der Waals surface area contributed by atoms with Crippen LogP contribution in [0.2, 0.25) is 0 Å². The minimum atomic E-state index is 0.111. The number of nitrogens with one attached hydrogen (secondary N) is 1. The van der Waals surface area contributed by atoms with E-state index in [9.17, 15) is 4.79 Å².